The molecule has 6 nitrogen and oxygen atoms in total. The van der Waals surface area contributed by atoms with E-state index in [1.54, 1.807) is 9.80 Å². The molecule has 2 aliphatic heterocycles. The van der Waals surface area contributed by atoms with E-state index in [4.69, 9.17) is 0 Å². The lowest BCUT2D eigenvalue weighted by Crippen LogP contribution is -2.39. The van der Waals surface area contributed by atoms with Gasteiger partial charge in [-0.15, -0.1) is 0 Å². The number of nitrogens with zero attached hydrogens (tertiary/aromatic N) is 2. The Balaban J connectivity index is 1.67. The molecule has 0 unspecified atom stereocenters. The van der Waals surface area contributed by atoms with Gasteiger partial charge < -0.3 is 15.1 Å². The summed E-state index contributed by atoms with van der Waals surface area (Å²) in [5, 5.41) is 2.77. The van der Waals surface area contributed by atoms with Gasteiger partial charge >= 0.3 is 0 Å². The normalized spacial score (nSPS) is 21.5. The number of amides is 3. The predicted octanol–water partition coefficient (Wildman–Crippen LogP) is 1.51. The van der Waals surface area contributed by atoms with E-state index >= 15 is 0 Å². The molecule has 1 aromatic rings. The van der Waals surface area contributed by atoms with Crippen LogP contribution in [0.15, 0.2) is 24.3 Å². The molecule has 0 spiro atoms. The lowest BCUT2D eigenvalue weighted by Gasteiger charge is -2.23. The number of carbonyl (C=O) groups excluding carboxylic acids is 3. The summed E-state index contributed by atoms with van der Waals surface area (Å²) in [6.07, 6.45) is 0.565. The Hall–Kier alpha value is -2.37. The van der Waals surface area contributed by atoms with Gasteiger partial charge in [0.15, 0.2) is 0 Å². The van der Waals surface area contributed by atoms with Crippen LogP contribution in [0.1, 0.15) is 38.2 Å². The lowest BCUT2D eigenvalue weighted by atomic mass is 10.0. The molecule has 6 heteroatoms. The molecule has 134 valence electrons. The number of anilines is 1. The van der Waals surface area contributed by atoms with Crippen LogP contribution in [-0.2, 0) is 14.4 Å². The summed E-state index contributed by atoms with van der Waals surface area (Å²) >= 11 is 0. The van der Waals surface area contributed by atoms with Gasteiger partial charge in [-0.2, -0.15) is 0 Å². The number of hydrogen-bond donors (Lipinski definition) is 1. The maximum absolute atomic E-state index is 12.7. The average Bonchev–Trinajstić information content (AvgIpc) is 2.85. The number of rotatable bonds is 3. The lowest BCUT2D eigenvalue weighted by molar-refractivity contribution is -0.135. The van der Waals surface area contributed by atoms with Crippen LogP contribution in [0.25, 0.3) is 0 Å². The highest BCUT2D eigenvalue weighted by Gasteiger charge is 2.37. The fraction of sp³-hybridized carbons (Fsp3) is 0.526. The highest BCUT2D eigenvalue weighted by Crippen LogP contribution is 2.28. The summed E-state index contributed by atoms with van der Waals surface area (Å²) in [5.74, 6) is 0.0537. The van der Waals surface area contributed by atoms with Crippen molar-refractivity contribution in [3.63, 3.8) is 0 Å². The number of carbonyl (C=O) groups is 3. The standard InChI is InChI=1S/C19H25N3O3/c1-13(2)14-3-5-16(6-4-14)22-12-15(11-18(22)24)19(25)21-9-7-17(23)20-8-10-21/h3-6,13,15H,7-12H2,1-2H3,(H,20,23)/t15-/m0/s1. The second-order valence-electron chi connectivity index (χ2n) is 7.08. The SMILES string of the molecule is CC(C)c1ccc(N2C[C@@H](C(=O)N3CCNC(=O)CC3)CC2=O)cc1. The minimum Gasteiger partial charge on any atom is -0.354 e. The Bertz CT molecular complexity index is 669. The highest BCUT2D eigenvalue weighted by atomic mass is 16.2. The quantitative estimate of drug-likeness (QED) is 0.904. The summed E-state index contributed by atoms with van der Waals surface area (Å²) in [5.41, 5.74) is 2.07. The van der Waals surface area contributed by atoms with Crippen LogP contribution in [0, 0.1) is 5.92 Å². The van der Waals surface area contributed by atoms with E-state index in [1.807, 2.05) is 24.3 Å². The summed E-state index contributed by atoms with van der Waals surface area (Å²) < 4.78 is 0. The minimum absolute atomic E-state index is 0.0142. The van der Waals surface area contributed by atoms with Gasteiger partial charge in [0.25, 0.3) is 0 Å². The largest absolute Gasteiger partial charge is 0.354 e. The zero-order valence-corrected chi connectivity index (χ0v) is 14.8. The second-order valence-corrected chi connectivity index (χ2v) is 7.08. The van der Waals surface area contributed by atoms with Gasteiger partial charge in [-0.3, -0.25) is 14.4 Å². The van der Waals surface area contributed by atoms with Crippen LogP contribution in [0.2, 0.25) is 0 Å². The fourth-order valence-electron chi connectivity index (χ4n) is 3.41. The monoisotopic (exact) mass is 343 g/mol. The second kappa shape index (κ2) is 7.25. The third-order valence-corrected chi connectivity index (χ3v) is 4.97. The van der Waals surface area contributed by atoms with E-state index in [0.29, 0.717) is 38.5 Å². The molecule has 2 saturated heterocycles. The van der Waals surface area contributed by atoms with Gasteiger partial charge in [0.1, 0.15) is 0 Å². The van der Waals surface area contributed by atoms with Crippen molar-refractivity contribution in [2.24, 2.45) is 5.92 Å². The number of hydrogen-bond acceptors (Lipinski definition) is 3. The van der Waals surface area contributed by atoms with Crippen molar-refractivity contribution in [2.75, 3.05) is 31.1 Å². The van der Waals surface area contributed by atoms with Crippen LogP contribution in [-0.4, -0.2) is 48.8 Å². The van der Waals surface area contributed by atoms with Crippen molar-refractivity contribution < 1.29 is 14.4 Å². The van der Waals surface area contributed by atoms with Gasteiger partial charge in [-0.1, -0.05) is 26.0 Å². The topological polar surface area (TPSA) is 69.7 Å². The third kappa shape index (κ3) is 3.83. The zero-order valence-electron chi connectivity index (χ0n) is 14.8. The van der Waals surface area contributed by atoms with Gasteiger partial charge in [0.2, 0.25) is 17.7 Å². The summed E-state index contributed by atoms with van der Waals surface area (Å²) in [6, 6.07) is 7.98. The molecule has 0 radical (unpaired) electrons. The van der Waals surface area contributed by atoms with Crippen molar-refractivity contribution in [3.05, 3.63) is 29.8 Å². The van der Waals surface area contributed by atoms with Crippen LogP contribution in [0.5, 0.6) is 0 Å². The van der Waals surface area contributed by atoms with Gasteiger partial charge in [-0.25, -0.2) is 0 Å². The molecule has 2 heterocycles. The molecule has 1 atom stereocenters. The van der Waals surface area contributed by atoms with Crippen LogP contribution < -0.4 is 10.2 Å². The first-order valence-corrected chi connectivity index (χ1v) is 8.91. The molecule has 3 amide bonds. The molecule has 3 rings (SSSR count). The Kier molecular flexibility index (Phi) is 5.06. The van der Waals surface area contributed by atoms with E-state index < -0.39 is 0 Å². The van der Waals surface area contributed by atoms with Gasteiger partial charge in [-0.05, 0) is 23.6 Å². The molecule has 1 N–H and O–H groups in total. The summed E-state index contributed by atoms with van der Waals surface area (Å²) in [4.78, 5) is 40.0. The first kappa shape index (κ1) is 17.5. The molecule has 0 aromatic heterocycles. The minimum atomic E-state index is -0.328. The fourth-order valence-corrected chi connectivity index (χ4v) is 3.41. The highest BCUT2D eigenvalue weighted by molar-refractivity contribution is 6.00. The third-order valence-electron chi connectivity index (χ3n) is 4.97. The van der Waals surface area contributed by atoms with E-state index in [9.17, 15) is 14.4 Å². The average molecular weight is 343 g/mol. The number of benzene rings is 1. The van der Waals surface area contributed by atoms with Crippen molar-refractivity contribution >= 4 is 23.4 Å². The molecule has 0 saturated carbocycles. The van der Waals surface area contributed by atoms with Gasteiger partial charge in [0, 0.05) is 44.7 Å². The predicted molar refractivity (Wildman–Crippen MR) is 95.2 cm³/mol. The molecule has 1 aromatic carbocycles. The first-order valence-electron chi connectivity index (χ1n) is 8.91. The molecule has 0 aliphatic carbocycles. The van der Waals surface area contributed by atoms with Gasteiger partial charge in [0.05, 0.1) is 5.92 Å². The molecule has 2 aliphatic rings. The molecule has 2 fully saturated rings. The van der Waals surface area contributed by atoms with Crippen molar-refractivity contribution in [1.82, 2.24) is 10.2 Å². The summed E-state index contributed by atoms with van der Waals surface area (Å²) in [6.45, 7) is 6.09. The Labute approximate surface area is 148 Å². The molecular weight excluding hydrogens is 318 g/mol. The first-order chi connectivity index (χ1) is 12.0. The van der Waals surface area contributed by atoms with Crippen LogP contribution in [0.4, 0.5) is 5.69 Å². The van der Waals surface area contributed by atoms with Crippen molar-refractivity contribution in [3.8, 4) is 0 Å². The summed E-state index contributed by atoms with van der Waals surface area (Å²) in [7, 11) is 0. The van der Waals surface area contributed by atoms with E-state index in [0.717, 1.165) is 5.69 Å². The Morgan fingerprint density at radius 1 is 1.16 bits per heavy atom. The Morgan fingerprint density at radius 2 is 1.88 bits per heavy atom. The van der Waals surface area contributed by atoms with E-state index in [2.05, 4.69) is 19.2 Å². The van der Waals surface area contributed by atoms with Crippen LogP contribution in [0.3, 0.4) is 0 Å². The maximum atomic E-state index is 12.7. The smallest absolute Gasteiger partial charge is 0.228 e. The molecular formula is C19H25N3O3. The van der Waals surface area contributed by atoms with Crippen molar-refractivity contribution in [2.45, 2.75) is 32.6 Å². The van der Waals surface area contributed by atoms with Crippen molar-refractivity contribution in [1.29, 1.82) is 0 Å². The molecule has 25 heavy (non-hydrogen) atoms. The Morgan fingerprint density at radius 3 is 2.56 bits per heavy atom. The van der Waals surface area contributed by atoms with E-state index in [-0.39, 0.29) is 30.1 Å². The zero-order chi connectivity index (χ0) is 18.0. The molecule has 0 bridgehead atoms. The van der Waals surface area contributed by atoms with Crippen LogP contribution >= 0.6 is 0 Å². The van der Waals surface area contributed by atoms with E-state index in [1.165, 1.54) is 5.56 Å². The maximum Gasteiger partial charge on any atom is 0.228 e. The number of nitrogens with one attached hydrogen (secondary N) is 1.